The number of piperidine rings is 1. The second kappa shape index (κ2) is 12.1. The molecule has 1 atom stereocenters. The van der Waals surface area contributed by atoms with Crippen LogP contribution in [0.2, 0.25) is 10.0 Å². The van der Waals surface area contributed by atoms with Gasteiger partial charge in [0, 0.05) is 40.2 Å². The third kappa shape index (κ3) is 6.75. The van der Waals surface area contributed by atoms with E-state index in [0.29, 0.717) is 41.4 Å². The smallest absolute Gasteiger partial charge is 0.241 e. The van der Waals surface area contributed by atoms with Crippen molar-refractivity contribution in [2.75, 3.05) is 25.4 Å². The minimum atomic E-state index is -0.0315. The van der Waals surface area contributed by atoms with E-state index in [2.05, 4.69) is 20.4 Å². The van der Waals surface area contributed by atoms with E-state index in [4.69, 9.17) is 27.7 Å². The Morgan fingerprint density at radius 3 is 2.82 bits per heavy atom. The quantitative estimate of drug-likeness (QED) is 0.371. The molecule has 0 bridgehead atoms. The largest absolute Gasteiger partial charge is 0.355 e. The Labute approximate surface area is 214 Å². The van der Waals surface area contributed by atoms with Crippen LogP contribution in [0.3, 0.4) is 0 Å². The molecule has 1 fully saturated rings. The zero-order valence-electron chi connectivity index (χ0n) is 19.1. The SMILES string of the molecule is Cc1cccc(-c2noc(CN3CCCC(C(=O)NCCSCc4c(Cl)cccc4Cl)C3)n2)c1. The number of hydrogen-bond acceptors (Lipinski definition) is 6. The van der Waals surface area contributed by atoms with Gasteiger partial charge in [0.1, 0.15) is 0 Å². The molecule has 0 aliphatic carbocycles. The summed E-state index contributed by atoms with van der Waals surface area (Å²) in [6, 6.07) is 13.6. The Morgan fingerprint density at radius 2 is 2.03 bits per heavy atom. The fourth-order valence-corrected chi connectivity index (χ4v) is 5.66. The van der Waals surface area contributed by atoms with E-state index in [1.165, 1.54) is 0 Å². The Bertz CT molecular complexity index is 1100. The van der Waals surface area contributed by atoms with Crippen molar-refractivity contribution in [1.29, 1.82) is 0 Å². The predicted molar refractivity (Wildman–Crippen MR) is 138 cm³/mol. The van der Waals surface area contributed by atoms with Crippen molar-refractivity contribution in [1.82, 2.24) is 20.4 Å². The number of aryl methyl sites for hydroxylation is 1. The molecule has 34 heavy (non-hydrogen) atoms. The van der Waals surface area contributed by atoms with Gasteiger partial charge in [0.05, 0.1) is 12.5 Å². The monoisotopic (exact) mass is 518 g/mol. The van der Waals surface area contributed by atoms with Gasteiger partial charge < -0.3 is 9.84 Å². The molecule has 2 aromatic carbocycles. The molecule has 1 amide bonds. The average molecular weight is 519 g/mol. The molecule has 1 aliphatic rings. The lowest BCUT2D eigenvalue weighted by Crippen LogP contribution is -2.43. The van der Waals surface area contributed by atoms with Gasteiger partial charge in [-0.3, -0.25) is 9.69 Å². The van der Waals surface area contributed by atoms with E-state index in [1.807, 2.05) is 49.4 Å². The average Bonchev–Trinajstić information content (AvgIpc) is 3.29. The van der Waals surface area contributed by atoms with Crippen LogP contribution in [-0.2, 0) is 17.1 Å². The number of carbonyl (C=O) groups is 1. The molecule has 1 aliphatic heterocycles. The molecular formula is C25H28Cl2N4O2S. The maximum absolute atomic E-state index is 12.7. The molecule has 2 heterocycles. The minimum absolute atomic E-state index is 0.0315. The van der Waals surface area contributed by atoms with E-state index in [-0.39, 0.29) is 11.8 Å². The summed E-state index contributed by atoms with van der Waals surface area (Å²) in [6.07, 6.45) is 1.86. The van der Waals surface area contributed by atoms with Crippen LogP contribution in [0.1, 0.15) is 29.9 Å². The summed E-state index contributed by atoms with van der Waals surface area (Å²) in [5.74, 6) is 2.77. The minimum Gasteiger partial charge on any atom is -0.355 e. The number of nitrogens with one attached hydrogen (secondary N) is 1. The summed E-state index contributed by atoms with van der Waals surface area (Å²) < 4.78 is 5.48. The molecule has 0 radical (unpaired) electrons. The number of likely N-dealkylation sites (tertiary alicyclic amines) is 1. The first kappa shape index (κ1) is 25.0. The fourth-order valence-electron chi connectivity index (χ4n) is 4.06. The maximum atomic E-state index is 12.7. The van der Waals surface area contributed by atoms with Crippen LogP contribution in [0.25, 0.3) is 11.4 Å². The second-order valence-corrected chi connectivity index (χ2v) is 10.4. The number of rotatable bonds is 9. The lowest BCUT2D eigenvalue weighted by atomic mass is 9.97. The molecule has 3 aromatic rings. The third-order valence-corrected chi connectivity index (χ3v) is 7.53. The molecule has 1 aromatic heterocycles. The summed E-state index contributed by atoms with van der Waals surface area (Å²) in [5.41, 5.74) is 3.04. The maximum Gasteiger partial charge on any atom is 0.241 e. The van der Waals surface area contributed by atoms with E-state index in [0.717, 1.165) is 47.6 Å². The van der Waals surface area contributed by atoms with Gasteiger partial charge in [0.15, 0.2) is 0 Å². The predicted octanol–water partition coefficient (Wildman–Crippen LogP) is 5.61. The number of hydrogen-bond donors (Lipinski definition) is 1. The first-order valence-corrected chi connectivity index (χ1v) is 13.3. The third-order valence-electron chi connectivity index (χ3n) is 5.83. The molecule has 180 valence electrons. The number of halogens is 2. The van der Waals surface area contributed by atoms with Crippen molar-refractivity contribution < 1.29 is 9.32 Å². The summed E-state index contributed by atoms with van der Waals surface area (Å²) in [4.78, 5) is 19.5. The number of nitrogens with zero attached hydrogens (tertiary/aromatic N) is 3. The molecule has 1 N–H and O–H groups in total. The molecule has 1 unspecified atom stereocenters. The fraction of sp³-hybridized carbons (Fsp3) is 0.400. The van der Waals surface area contributed by atoms with Crippen LogP contribution in [0.4, 0.5) is 0 Å². The molecule has 0 spiro atoms. The van der Waals surface area contributed by atoms with Gasteiger partial charge in [-0.05, 0) is 50.1 Å². The topological polar surface area (TPSA) is 71.3 Å². The van der Waals surface area contributed by atoms with Crippen LogP contribution < -0.4 is 5.32 Å². The van der Waals surface area contributed by atoms with Crippen molar-refractivity contribution in [2.45, 2.75) is 32.1 Å². The van der Waals surface area contributed by atoms with Gasteiger partial charge in [-0.25, -0.2) is 0 Å². The van der Waals surface area contributed by atoms with Crippen molar-refractivity contribution in [3.63, 3.8) is 0 Å². The Balaban J connectivity index is 1.21. The Morgan fingerprint density at radius 1 is 1.24 bits per heavy atom. The first-order valence-electron chi connectivity index (χ1n) is 11.4. The highest BCUT2D eigenvalue weighted by Crippen LogP contribution is 2.28. The highest BCUT2D eigenvalue weighted by atomic mass is 35.5. The van der Waals surface area contributed by atoms with Crippen LogP contribution >= 0.6 is 35.0 Å². The summed E-state index contributed by atoms with van der Waals surface area (Å²) >= 11 is 14.1. The van der Waals surface area contributed by atoms with Crippen LogP contribution in [0.15, 0.2) is 47.0 Å². The Kier molecular flexibility index (Phi) is 8.89. The first-order chi connectivity index (χ1) is 16.5. The highest BCUT2D eigenvalue weighted by molar-refractivity contribution is 7.98. The number of aromatic nitrogens is 2. The lowest BCUT2D eigenvalue weighted by Gasteiger charge is -2.30. The number of carbonyl (C=O) groups excluding carboxylic acids is 1. The summed E-state index contributed by atoms with van der Waals surface area (Å²) in [5, 5.41) is 8.56. The van der Waals surface area contributed by atoms with Crippen molar-refractivity contribution >= 4 is 40.9 Å². The van der Waals surface area contributed by atoms with Gasteiger partial charge in [0.25, 0.3) is 0 Å². The summed E-state index contributed by atoms with van der Waals surface area (Å²) in [7, 11) is 0. The van der Waals surface area contributed by atoms with Crippen molar-refractivity contribution in [2.24, 2.45) is 5.92 Å². The van der Waals surface area contributed by atoms with Crippen LogP contribution in [0, 0.1) is 12.8 Å². The second-order valence-electron chi connectivity index (χ2n) is 8.50. The molecule has 1 saturated heterocycles. The zero-order valence-corrected chi connectivity index (χ0v) is 21.4. The van der Waals surface area contributed by atoms with Gasteiger partial charge in [0.2, 0.25) is 17.6 Å². The van der Waals surface area contributed by atoms with Gasteiger partial charge in [-0.1, -0.05) is 58.2 Å². The van der Waals surface area contributed by atoms with E-state index in [1.54, 1.807) is 11.8 Å². The molecular weight excluding hydrogens is 491 g/mol. The highest BCUT2D eigenvalue weighted by Gasteiger charge is 2.26. The van der Waals surface area contributed by atoms with Gasteiger partial charge in [-0.15, -0.1) is 0 Å². The zero-order chi connectivity index (χ0) is 23.9. The summed E-state index contributed by atoms with van der Waals surface area (Å²) in [6.45, 7) is 4.82. The lowest BCUT2D eigenvalue weighted by molar-refractivity contribution is -0.126. The van der Waals surface area contributed by atoms with E-state index >= 15 is 0 Å². The molecule has 0 saturated carbocycles. The number of benzene rings is 2. The van der Waals surface area contributed by atoms with Crippen molar-refractivity contribution in [3.05, 3.63) is 69.5 Å². The molecule has 9 heteroatoms. The standard InChI is InChI=1S/C25H28Cl2N4O2S/c1-17-5-2-6-18(13-17)24-29-23(33-30-24)15-31-11-4-7-19(14-31)25(32)28-10-12-34-16-20-21(26)8-3-9-22(20)27/h2-3,5-6,8-9,13,19H,4,7,10-12,14-16H2,1H3,(H,28,32). The number of thioether (sulfide) groups is 1. The van der Waals surface area contributed by atoms with Gasteiger partial charge >= 0.3 is 0 Å². The van der Waals surface area contributed by atoms with Gasteiger partial charge in [-0.2, -0.15) is 16.7 Å². The van der Waals surface area contributed by atoms with E-state index in [9.17, 15) is 4.79 Å². The van der Waals surface area contributed by atoms with Crippen LogP contribution in [0.5, 0.6) is 0 Å². The van der Waals surface area contributed by atoms with Crippen LogP contribution in [-0.4, -0.2) is 46.3 Å². The van der Waals surface area contributed by atoms with Crippen molar-refractivity contribution in [3.8, 4) is 11.4 Å². The molecule has 6 nitrogen and oxygen atoms in total. The Hall–Kier alpha value is -2.06. The van der Waals surface area contributed by atoms with E-state index < -0.39 is 0 Å². The normalized spacial score (nSPS) is 16.5. The molecule has 4 rings (SSSR count). The number of amides is 1.